The van der Waals surface area contributed by atoms with E-state index >= 15 is 0 Å². The number of carboxylic acid groups (broad SMARTS) is 1. The highest BCUT2D eigenvalue weighted by molar-refractivity contribution is 8.01. The highest BCUT2D eigenvalue weighted by Gasteiger charge is 2.13. The summed E-state index contributed by atoms with van der Waals surface area (Å²) < 4.78 is 0.482. The number of halogens is 1. The number of benzene rings is 1. The average Bonchev–Trinajstić information content (AvgIpc) is 2.86. The lowest BCUT2D eigenvalue weighted by Gasteiger charge is -2.05. The molecule has 6 nitrogen and oxygen atoms in total. The fourth-order valence-corrected chi connectivity index (χ4v) is 3.08. The third-order valence-corrected chi connectivity index (χ3v) is 4.58. The number of hydrogen-bond acceptors (Lipinski definition) is 6. The second-order valence-corrected chi connectivity index (χ2v) is 6.61. The Hall–Kier alpha value is -1.64. The Bertz CT molecular complexity index is 690. The molecule has 1 aromatic heterocycles. The minimum absolute atomic E-state index is 0.101. The highest BCUT2D eigenvalue weighted by Crippen LogP contribution is 2.26. The van der Waals surface area contributed by atoms with Gasteiger partial charge in [-0.05, 0) is 24.6 Å². The van der Waals surface area contributed by atoms with Crippen LogP contribution in [0.2, 0.25) is 5.02 Å². The molecule has 21 heavy (non-hydrogen) atoms. The van der Waals surface area contributed by atoms with Crippen LogP contribution >= 0.6 is 34.7 Å². The third kappa shape index (κ3) is 4.42. The van der Waals surface area contributed by atoms with Crippen LogP contribution in [0, 0.1) is 6.92 Å². The van der Waals surface area contributed by atoms with Gasteiger partial charge in [-0.3, -0.25) is 14.9 Å². The van der Waals surface area contributed by atoms with Gasteiger partial charge >= 0.3 is 5.97 Å². The Labute approximate surface area is 133 Å². The number of hydrogen-bond donors (Lipinski definition) is 2. The molecule has 110 valence electrons. The minimum atomic E-state index is -0.935. The first-order chi connectivity index (χ1) is 9.95. The van der Waals surface area contributed by atoms with Crippen molar-refractivity contribution >= 4 is 51.7 Å². The van der Waals surface area contributed by atoms with E-state index in [0.717, 1.165) is 28.7 Å². The van der Waals surface area contributed by atoms with Crippen molar-refractivity contribution < 1.29 is 14.7 Å². The molecule has 0 spiro atoms. The molecule has 0 aliphatic rings. The Balaban J connectivity index is 2.06. The van der Waals surface area contributed by atoms with Gasteiger partial charge in [-0.1, -0.05) is 40.8 Å². The molecule has 0 saturated heterocycles. The van der Waals surface area contributed by atoms with Gasteiger partial charge < -0.3 is 5.11 Å². The van der Waals surface area contributed by atoms with Gasteiger partial charge in [0.15, 0.2) is 4.34 Å². The van der Waals surface area contributed by atoms with Gasteiger partial charge in [0.2, 0.25) is 5.13 Å². The topological polar surface area (TPSA) is 92.2 Å². The number of rotatable bonds is 5. The number of aromatic nitrogens is 2. The van der Waals surface area contributed by atoms with Crippen molar-refractivity contribution in [3.8, 4) is 0 Å². The number of aliphatic carboxylic acids is 1. The van der Waals surface area contributed by atoms with Gasteiger partial charge in [-0.15, -0.1) is 10.2 Å². The van der Waals surface area contributed by atoms with Crippen molar-refractivity contribution in [1.29, 1.82) is 0 Å². The van der Waals surface area contributed by atoms with E-state index in [1.165, 1.54) is 0 Å². The molecule has 0 saturated carbocycles. The van der Waals surface area contributed by atoms with E-state index in [-0.39, 0.29) is 11.7 Å². The molecule has 0 bridgehead atoms. The number of carboxylic acids is 1. The molecular weight excluding hydrogens is 334 g/mol. The van der Waals surface area contributed by atoms with Crippen molar-refractivity contribution in [1.82, 2.24) is 10.2 Å². The van der Waals surface area contributed by atoms with Crippen LogP contribution in [-0.4, -0.2) is 32.9 Å². The number of thioether (sulfide) groups is 1. The van der Waals surface area contributed by atoms with Crippen LogP contribution in [0.25, 0.3) is 0 Å². The smallest absolute Gasteiger partial charge is 0.313 e. The van der Waals surface area contributed by atoms with E-state index in [0.29, 0.717) is 20.1 Å². The Kier molecular flexibility index (Phi) is 5.16. The fraction of sp³-hybridized carbons (Fsp3) is 0.167. The van der Waals surface area contributed by atoms with E-state index in [9.17, 15) is 9.59 Å². The maximum Gasteiger partial charge on any atom is 0.313 e. The SMILES string of the molecule is Cc1ccc(Cl)cc1C(=O)Nc1nnc(SCC(=O)O)s1. The number of nitrogens with zero attached hydrogens (tertiary/aromatic N) is 2. The van der Waals surface area contributed by atoms with Crippen molar-refractivity contribution in [2.24, 2.45) is 0 Å². The van der Waals surface area contributed by atoms with Crippen LogP contribution in [0.3, 0.4) is 0 Å². The van der Waals surface area contributed by atoms with Gasteiger partial charge in [-0.25, -0.2) is 0 Å². The Morgan fingerprint density at radius 1 is 1.43 bits per heavy atom. The predicted octanol–water partition coefficient (Wildman–Crippen LogP) is 2.93. The van der Waals surface area contributed by atoms with Crippen molar-refractivity contribution in [3.63, 3.8) is 0 Å². The van der Waals surface area contributed by atoms with Gasteiger partial charge in [0.25, 0.3) is 5.91 Å². The largest absolute Gasteiger partial charge is 0.481 e. The van der Waals surface area contributed by atoms with Crippen LogP contribution in [0.4, 0.5) is 5.13 Å². The lowest BCUT2D eigenvalue weighted by molar-refractivity contribution is -0.133. The first-order valence-corrected chi connectivity index (χ1v) is 7.89. The normalized spacial score (nSPS) is 10.4. The first-order valence-electron chi connectivity index (χ1n) is 5.71. The van der Waals surface area contributed by atoms with Crippen molar-refractivity contribution in [2.75, 3.05) is 11.1 Å². The predicted molar refractivity (Wildman–Crippen MR) is 82.4 cm³/mol. The zero-order valence-corrected chi connectivity index (χ0v) is 13.2. The number of aryl methyl sites for hydroxylation is 1. The molecular formula is C12H10ClN3O3S2. The summed E-state index contributed by atoms with van der Waals surface area (Å²) >= 11 is 8.05. The summed E-state index contributed by atoms with van der Waals surface area (Å²) in [7, 11) is 0. The molecule has 1 heterocycles. The summed E-state index contributed by atoms with van der Waals surface area (Å²) in [6, 6.07) is 5.04. The molecule has 2 aromatic rings. The van der Waals surface area contributed by atoms with Crippen LogP contribution in [0.5, 0.6) is 0 Å². The van der Waals surface area contributed by atoms with E-state index in [1.807, 2.05) is 0 Å². The van der Waals surface area contributed by atoms with Crippen LogP contribution in [-0.2, 0) is 4.79 Å². The van der Waals surface area contributed by atoms with Crippen LogP contribution in [0.1, 0.15) is 15.9 Å². The second-order valence-electron chi connectivity index (χ2n) is 3.97. The number of amides is 1. The van der Waals surface area contributed by atoms with E-state index in [2.05, 4.69) is 15.5 Å². The van der Waals surface area contributed by atoms with E-state index in [1.54, 1.807) is 25.1 Å². The summed E-state index contributed by atoms with van der Waals surface area (Å²) in [5.41, 5.74) is 1.25. The van der Waals surface area contributed by atoms with Gasteiger partial charge in [0, 0.05) is 10.6 Å². The average molecular weight is 344 g/mol. The van der Waals surface area contributed by atoms with E-state index < -0.39 is 5.97 Å². The summed E-state index contributed by atoms with van der Waals surface area (Å²) in [6.45, 7) is 1.81. The summed E-state index contributed by atoms with van der Waals surface area (Å²) in [5, 5.41) is 19.6. The standard InChI is InChI=1S/C12H10ClN3O3S2/c1-6-2-3-7(13)4-8(6)10(19)14-11-15-16-12(21-11)20-5-9(17)18/h2-4H,5H2,1H3,(H,17,18)(H,14,15,19). The molecule has 0 aliphatic heterocycles. The lowest BCUT2D eigenvalue weighted by Crippen LogP contribution is -2.13. The molecule has 0 fully saturated rings. The maximum absolute atomic E-state index is 12.1. The monoisotopic (exact) mass is 343 g/mol. The number of anilines is 1. The zero-order chi connectivity index (χ0) is 15.4. The highest BCUT2D eigenvalue weighted by atomic mass is 35.5. The molecule has 2 rings (SSSR count). The van der Waals surface area contributed by atoms with Crippen LogP contribution in [0.15, 0.2) is 22.5 Å². The Morgan fingerprint density at radius 3 is 2.90 bits per heavy atom. The maximum atomic E-state index is 12.1. The lowest BCUT2D eigenvalue weighted by atomic mass is 10.1. The minimum Gasteiger partial charge on any atom is -0.481 e. The Morgan fingerprint density at radius 2 is 2.19 bits per heavy atom. The fourth-order valence-electron chi connectivity index (χ4n) is 1.45. The van der Waals surface area contributed by atoms with Crippen molar-refractivity contribution in [2.45, 2.75) is 11.3 Å². The number of nitrogens with one attached hydrogen (secondary N) is 1. The van der Waals surface area contributed by atoms with Crippen LogP contribution < -0.4 is 5.32 Å². The summed E-state index contributed by atoms with van der Waals surface area (Å²) in [4.78, 5) is 22.6. The van der Waals surface area contributed by atoms with Gasteiger partial charge in [-0.2, -0.15) is 0 Å². The molecule has 1 aromatic carbocycles. The first kappa shape index (κ1) is 15.7. The molecule has 1 amide bonds. The van der Waals surface area contributed by atoms with Crippen molar-refractivity contribution in [3.05, 3.63) is 34.3 Å². The summed E-state index contributed by atoms with van der Waals surface area (Å²) in [6.07, 6.45) is 0. The molecule has 0 radical (unpaired) electrons. The number of carbonyl (C=O) groups excluding carboxylic acids is 1. The molecule has 0 aliphatic carbocycles. The zero-order valence-electron chi connectivity index (χ0n) is 10.8. The molecule has 9 heteroatoms. The second kappa shape index (κ2) is 6.88. The summed E-state index contributed by atoms with van der Waals surface area (Å²) in [5.74, 6) is -1.37. The molecule has 0 unspecified atom stereocenters. The van der Waals surface area contributed by atoms with Gasteiger partial charge in [0.1, 0.15) is 0 Å². The number of carbonyl (C=O) groups is 2. The van der Waals surface area contributed by atoms with E-state index in [4.69, 9.17) is 16.7 Å². The molecule has 2 N–H and O–H groups in total. The molecule has 0 atom stereocenters. The quantitative estimate of drug-likeness (QED) is 0.640. The third-order valence-electron chi connectivity index (χ3n) is 2.39. The van der Waals surface area contributed by atoms with Gasteiger partial charge in [0.05, 0.1) is 5.75 Å².